The van der Waals surface area contributed by atoms with Gasteiger partial charge < -0.3 is 9.73 Å². The van der Waals surface area contributed by atoms with E-state index in [1.54, 1.807) is 31.3 Å². The fourth-order valence-corrected chi connectivity index (χ4v) is 4.28. The Hall–Kier alpha value is -2.58. The fourth-order valence-electron chi connectivity index (χ4n) is 2.47. The summed E-state index contributed by atoms with van der Waals surface area (Å²) in [7, 11) is -2.10. The van der Waals surface area contributed by atoms with Gasteiger partial charge >= 0.3 is 5.76 Å². The van der Waals surface area contributed by atoms with Crippen molar-refractivity contribution in [2.24, 2.45) is 7.05 Å². The monoisotopic (exact) mass is 394 g/mol. The molecule has 0 fully saturated rings. The van der Waals surface area contributed by atoms with E-state index in [4.69, 9.17) is 16.0 Å². The van der Waals surface area contributed by atoms with Crippen molar-refractivity contribution in [2.45, 2.75) is 11.3 Å². The van der Waals surface area contributed by atoms with Crippen LogP contribution in [-0.4, -0.2) is 24.6 Å². The second kappa shape index (κ2) is 6.97. The van der Waals surface area contributed by atoms with Gasteiger partial charge in [-0.3, -0.25) is 9.36 Å². The fraction of sp³-hybridized carbons (Fsp3) is 0.176. The average molecular weight is 395 g/mol. The number of hydrogen-bond acceptors (Lipinski definition) is 5. The maximum absolute atomic E-state index is 12.3. The second-order valence-electron chi connectivity index (χ2n) is 5.66. The minimum Gasteiger partial charge on any atom is -0.408 e. The molecule has 0 aliphatic heterocycles. The molecule has 1 aromatic heterocycles. The van der Waals surface area contributed by atoms with E-state index in [-0.39, 0.29) is 22.1 Å². The molecule has 0 aliphatic rings. The number of anilines is 1. The quantitative estimate of drug-likeness (QED) is 0.717. The third-order valence-corrected chi connectivity index (χ3v) is 6.05. The van der Waals surface area contributed by atoms with Gasteiger partial charge in [-0.2, -0.15) is 0 Å². The number of carbonyl (C=O) groups excluding carboxylic acids is 1. The molecule has 26 heavy (non-hydrogen) atoms. The molecule has 9 heteroatoms. The van der Waals surface area contributed by atoms with Crippen LogP contribution >= 0.6 is 11.6 Å². The first-order chi connectivity index (χ1) is 12.3. The summed E-state index contributed by atoms with van der Waals surface area (Å²) in [6.45, 7) is 0. The van der Waals surface area contributed by atoms with Gasteiger partial charge in [-0.25, -0.2) is 13.2 Å². The minimum atomic E-state index is -3.67. The lowest BCUT2D eigenvalue weighted by molar-refractivity contribution is -0.115. The van der Waals surface area contributed by atoms with Crippen LogP contribution in [0.15, 0.2) is 56.6 Å². The number of nitrogens with zero attached hydrogens (tertiary/aromatic N) is 1. The van der Waals surface area contributed by atoms with E-state index >= 15 is 0 Å². The first-order valence-electron chi connectivity index (χ1n) is 7.64. The lowest BCUT2D eigenvalue weighted by Crippen LogP contribution is -2.17. The number of nitrogens with one attached hydrogen (secondary N) is 1. The maximum atomic E-state index is 12.3. The van der Waals surface area contributed by atoms with Crippen molar-refractivity contribution in [3.05, 3.63) is 58.0 Å². The Morgan fingerprint density at radius 1 is 1.23 bits per heavy atom. The third-order valence-electron chi connectivity index (χ3n) is 3.85. The highest BCUT2D eigenvalue weighted by Gasteiger charge is 2.19. The van der Waals surface area contributed by atoms with Crippen molar-refractivity contribution in [2.75, 3.05) is 11.1 Å². The zero-order valence-corrected chi connectivity index (χ0v) is 15.3. The van der Waals surface area contributed by atoms with Crippen LogP contribution in [0.2, 0.25) is 5.02 Å². The Morgan fingerprint density at radius 2 is 1.96 bits per heavy atom. The Balaban J connectivity index is 1.69. The van der Waals surface area contributed by atoms with E-state index in [0.717, 1.165) is 0 Å². The summed E-state index contributed by atoms with van der Waals surface area (Å²) in [5.74, 6) is -1.35. The van der Waals surface area contributed by atoms with E-state index in [0.29, 0.717) is 16.8 Å². The van der Waals surface area contributed by atoms with Crippen LogP contribution in [0.4, 0.5) is 5.69 Å². The molecule has 1 N–H and O–H groups in total. The SMILES string of the molecule is Cn1c(=O)oc2cc(NC(=O)CCS(=O)(=O)c3ccccc3Cl)ccc21. The molecule has 0 radical (unpaired) electrons. The van der Waals surface area contributed by atoms with Gasteiger partial charge in [0.15, 0.2) is 15.4 Å². The van der Waals surface area contributed by atoms with Gasteiger partial charge in [0, 0.05) is 25.2 Å². The highest BCUT2D eigenvalue weighted by Crippen LogP contribution is 2.22. The Kier molecular flexibility index (Phi) is 4.88. The normalized spacial score (nSPS) is 11.6. The molecule has 0 unspecified atom stereocenters. The Labute approximate surface area is 154 Å². The van der Waals surface area contributed by atoms with Gasteiger partial charge in [-0.05, 0) is 24.3 Å². The molecule has 0 saturated carbocycles. The van der Waals surface area contributed by atoms with Crippen molar-refractivity contribution < 1.29 is 17.6 Å². The summed E-state index contributed by atoms with van der Waals surface area (Å²) in [5, 5.41) is 2.72. The van der Waals surface area contributed by atoms with Gasteiger partial charge in [0.05, 0.1) is 21.2 Å². The zero-order valence-electron chi connectivity index (χ0n) is 13.7. The number of aromatic nitrogens is 1. The van der Waals surface area contributed by atoms with E-state index < -0.39 is 21.5 Å². The minimum absolute atomic E-state index is 0.00180. The molecule has 136 valence electrons. The molecule has 3 rings (SSSR count). The third kappa shape index (κ3) is 3.66. The smallest absolute Gasteiger partial charge is 0.408 e. The summed E-state index contributed by atoms with van der Waals surface area (Å²) >= 11 is 5.91. The highest BCUT2D eigenvalue weighted by molar-refractivity contribution is 7.91. The van der Waals surface area contributed by atoms with Gasteiger partial charge in [0.25, 0.3) is 0 Å². The molecule has 0 aliphatic carbocycles. The van der Waals surface area contributed by atoms with Gasteiger partial charge in [0.1, 0.15) is 0 Å². The van der Waals surface area contributed by atoms with Crippen molar-refractivity contribution in [3.63, 3.8) is 0 Å². The molecule has 3 aromatic rings. The predicted octanol–water partition coefficient (Wildman–Crippen LogP) is 2.59. The molecule has 0 spiro atoms. The number of rotatable bonds is 5. The lowest BCUT2D eigenvalue weighted by Gasteiger charge is -2.07. The summed E-state index contributed by atoms with van der Waals surface area (Å²) in [6, 6.07) is 10.8. The summed E-state index contributed by atoms with van der Waals surface area (Å²) in [5.41, 5.74) is 1.33. The first-order valence-corrected chi connectivity index (χ1v) is 9.68. The number of carbonyl (C=O) groups is 1. The van der Waals surface area contributed by atoms with Crippen molar-refractivity contribution in [1.82, 2.24) is 4.57 Å². The number of hydrogen-bond donors (Lipinski definition) is 1. The number of amides is 1. The number of halogens is 1. The molecular formula is C17H15ClN2O5S. The topological polar surface area (TPSA) is 98.4 Å². The van der Waals surface area contributed by atoms with Gasteiger partial charge in [-0.15, -0.1) is 0 Å². The van der Waals surface area contributed by atoms with E-state index in [2.05, 4.69) is 5.32 Å². The number of fused-ring (bicyclic) bond motifs is 1. The summed E-state index contributed by atoms with van der Waals surface area (Å²) in [6.07, 6.45) is -0.232. The molecule has 7 nitrogen and oxygen atoms in total. The number of oxazole rings is 1. The number of benzene rings is 2. The number of sulfone groups is 1. The first kappa shape index (κ1) is 18.2. The average Bonchev–Trinajstić information content (AvgIpc) is 2.87. The van der Waals surface area contributed by atoms with Crippen LogP contribution in [0.5, 0.6) is 0 Å². The Morgan fingerprint density at radius 3 is 2.69 bits per heavy atom. The second-order valence-corrected chi connectivity index (χ2v) is 8.14. The van der Waals surface area contributed by atoms with Crippen LogP contribution in [0.1, 0.15) is 6.42 Å². The molecule has 0 bridgehead atoms. The number of aryl methyl sites for hydroxylation is 1. The van der Waals surface area contributed by atoms with E-state index in [1.165, 1.54) is 22.8 Å². The Bertz CT molecular complexity index is 1150. The molecule has 1 amide bonds. The van der Waals surface area contributed by atoms with Crippen molar-refractivity contribution in [1.29, 1.82) is 0 Å². The van der Waals surface area contributed by atoms with E-state index in [1.807, 2.05) is 0 Å². The molecule has 0 saturated heterocycles. The molecular weight excluding hydrogens is 380 g/mol. The van der Waals surface area contributed by atoms with Crippen molar-refractivity contribution in [3.8, 4) is 0 Å². The van der Waals surface area contributed by atoms with Gasteiger partial charge in [0.2, 0.25) is 5.91 Å². The van der Waals surface area contributed by atoms with Crippen molar-refractivity contribution >= 4 is 44.1 Å². The van der Waals surface area contributed by atoms with Crippen LogP contribution < -0.4 is 11.1 Å². The van der Waals surface area contributed by atoms with Crippen LogP contribution in [0.25, 0.3) is 11.1 Å². The zero-order chi connectivity index (χ0) is 18.9. The molecule has 2 aromatic carbocycles. The van der Waals surface area contributed by atoms with Crippen LogP contribution in [0.3, 0.4) is 0 Å². The maximum Gasteiger partial charge on any atom is 0.419 e. The largest absolute Gasteiger partial charge is 0.419 e. The van der Waals surface area contributed by atoms with Crippen LogP contribution in [0, 0.1) is 0 Å². The lowest BCUT2D eigenvalue weighted by atomic mass is 10.2. The molecule has 0 atom stereocenters. The predicted molar refractivity (Wildman–Crippen MR) is 98.2 cm³/mol. The van der Waals surface area contributed by atoms with Crippen LogP contribution in [-0.2, 0) is 21.7 Å². The van der Waals surface area contributed by atoms with E-state index in [9.17, 15) is 18.0 Å². The van der Waals surface area contributed by atoms with Gasteiger partial charge in [-0.1, -0.05) is 23.7 Å². The summed E-state index contributed by atoms with van der Waals surface area (Å²) < 4.78 is 31.0. The highest BCUT2D eigenvalue weighted by atomic mass is 35.5. The summed E-state index contributed by atoms with van der Waals surface area (Å²) in [4.78, 5) is 23.6. The standard InChI is InChI=1S/C17H15ClN2O5S/c1-20-13-7-6-11(10-14(13)25-17(20)22)19-16(21)8-9-26(23,24)15-5-3-2-4-12(15)18/h2-7,10H,8-9H2,1H3,(H,19,21). The molecule has 1 heterocycles.